The van der Waals surface area contributed by atoms with Gasteiger partial charge in [0.1, 0.15) is 5.75 Å². The summed E-state index contributed by atoms with van der Waals surface area (Å²) in [5.74, 6) is 0.409. The van der Waals surface area contributed by atoms with Gasteiger partial charge < -0.3 is 25.6 Å². The number of amides is 2. The quantitative estimate of drug-likeness (QED) is 0.331. The predicted molar refractivity (Wildman–Crippen MR) is 151 cm³/mol. The van der Waals surface area contributed by atoms with Crippen molar-refractivity contribution in [3.63, 3.8) is 0 Å². The number of piperidine rings is 1. The van der Waals surface area contributed by atoms with E-state index in [0.29, 0.717) is 29.8 Å². The van der Waals surface area contributed by atoms with Gasteiger partial charge >= 0.3 is 0 Å². The van der Waals surface area contributed by atoms with E-state index in [2.05, 4.69) is 20.9 Å². The third-order valence-corrected chi connectivity index (χ3v) is 7.42. The molecule has 0 unspecified atom stereocenters. The van der Waals surface area contributed by atoms with Gasteiger partial charge in [-0.2, -0.15) is 0 Å². The first-order chi connectivity index (χ1) is 18.6. The smallest absolute Gasteiger partial charge is 0.255 e. The Morgan fingerprint density at radius 1 is 1.03 bits per heavy atom. The van der Waals surface area contributed by atoms with Crippen LogP contribution in [-0.2, 0) is 13.0 Å². The van der Waals surface area contributed by atoms with Gasteiger partial charge in [-0.05, 0) is 104 Å². The number of hydrogen-bond donors (Lipinski definition) is 3. The van der Waals surface area contributed by atoms with Gasteiger partial charge in [-0.25, -0.2) is 0 Å². The van der Waals surface area contributed by atoms with Crippen LogP contribution in [0.4, 0.5) is 11.4 Å². The summed E-state index contributed by atoms with van der Waals surface area (Å²) in [6, 6.07) is 19.2. The number of hydrogen-bond acceptors (Lipinski definition) is 5. The first-order valence-corrected chi connectivity index (χ1v) is 13.5. The van der Waals surface area contributed by atoms with Crippen molar-refractivity contribution in [2.45, 2.75) is 38.6 Å². The highest BCUT2D eigenvalue weighted by Gasteiger charge is 2.26. The fraction of sp³-hybridized carbons (Fsp3) is 0.355. The minimum Gasteiger partial charge on any atom is -0.497 e. The molecule has 5 rings (SSSR count). The van der Waals surface area contributed by atoms with Crippen LogP contribution < -0.4 is 20.7 Å². The van der Waals surface area contributed by atoms with Crippen LogP contribution in [0.1, 0.15) is 63.1 Å². The molecule has 3 aromatic carbocycles. The van der Waals surface area contributed by atoms with Crippen LogP contribution in [0.2, 0.25) is 0 Å². The molecule has 0 aliphatic carbocycles. The molecule has 1 saturated heterocycles. The zero-order chi connectivity index (χ0) is 26.3. The van der Waals surface area contributed by atoms with E-state index in [0.717, 1.165) is 47.6 Å². The van der Waals surface area contributed by atoms with Crippen molar-refractivity contribution in [3.8, 4) is 5.75 Å². The number of rotatable bonds is 10. The Morgan fingerprint density at radius 2 is 1.84 bits per heavy atom. The highest BCUT2D eigenvalue weighted by molar-refractivity contribution is 6.10. The Labute approximate surface area is 224 Å². The standard InChI is InChI=1S/C31H36N4O3/c1-38-26-8-5-7-22(20-26)19-24-11-14-28(29-27(24)21-33-31(29)37)34-30(36)23-9-12-25(13-10-23)32-15-6-18-35-16-3-2-4-17-35/h5,7-14,20,32H,2-4,6,15-19,21H2,1H3,(H,33,37)(H,34,36). The van der Waals surface area contributed by atoms with Crippen LogP contribution in [-0.4, -0.2) is 50.0 Å². The van der Waals surface area contributed by atoms with E-state index < -0.39 is 0 Å². The predicted octanol–water partition coefficient (Wildman–Crippen LogP) is 5.07. The third kappa shape index (κ3) is 6.17. The van der Waals surface area contributed by atoms with Gasteiger partial charge in [-0.15, -0.1) is 0 Å². The Balaban J connectivity index is 1.20. The fourth-order valence-electron chi connectivity index (χ4n) is 5.33. The first-order valence-electron chi connectivity index (χ1n) is 13.5. The van der Waals surface area contributed by atoms with Gasteiger partial charge in [0, 0.05) is 24.3 Å². The summed E-state index contributed by atoms with van der Waals surface area (Å²) in [7, 11) is 1.65. The second-order valence-corrected chi connectivity index (χ2v) is 10.1. The molecular weight excluding hydrogens is 476 g/mol. The molecular formula is C31H36N4O3. The fourth-order valence-corrected chi connectivity index (χ4v) is 5.33. The van der Waals surface area contributed by atoms with E-state index in [9.17, 15) is 9.59 Å². The maximum absolute atomic E-state index is 13.0. The highest BCUT2D eigenvalue weighted by Crippen LogP contribution is 2.30. The minimum absolute atomic E-state index is 0.160. The van der Waals surface area contributed by atoms with Crippen LogP contribution >= 0.6 is 0 Å². The van der Waals surface area contributed by atoms with Crippen LogP contribution in [0.25, 0.3) is 0 Å². The van der Waals surface area contributed by atoms with Crippen molar-refractivity contribution < 1.29 is 14.3 Å². The molecule has 3 N–H and O–H groups in total. The van der Waals surface area contributed by atoms with Crippen molar-refractivity contribution in [1.29, 1.82) is 0 Å². The molecule has 7 nitrogen and oxygen atoms in total. The van der Waals surface area contributed by atoms with Crippen LogP contribution in [0, 0.1) is 0 Å². The number of nitrogens with zero attached hydrogens (tertiary/aromatic N) is 1. The van der Waals surface area contributed by atoms with Gasteiger partial charge in [0.15, 0.2) is 0 Å². The Kier molecular flexibility index (Phi) is 8.24. The molecule has 0 spiro atoms. The lowest BCUT2D eigenvalue weighted by molar-refractivity contribution is 0.0966. The van der Waals surface area contributed by atoms with E-state index in [1.165, 1.54) is 32.4 Å². The average Bonchev–Trinajstić information content (AvgIpc) is 3.35. The molecule has 7 heteroatoms. The second-order valence-electron chi connectivity index (χ2n) is 10.1. The number of ether oxygens (including phenoxy) is 1. The number of nitrogens with one attached hydrogen (secondary N) is 3. The molecule has 38 heavy (non-hydrogen) atoms. The molecule has 1 fully saturated rings. The van der Waals surface area contributed by atoms with Crippen molar-refractivity contribution in [2.24, 2.45) is 0 Å². The number of benzene rings is 3. The minimum atomic E-state index is -0.232. The van der Waals surface area contributed by atoms with Crippen LogP contribution in [0.15, 0.2) is 60.7 Å². The SMILES string of the molecule is COc1cccc(Cc2ccc(NC(=O)c3ccc(NCCCN4CCCCC4)cc3)c3c2CNC3=O)c1. The van der Waals surface area contributed by atoms with E-state index in [1.807, 2.05) is 60.7 Å². The van der Waals surface area contributed by atoms with Gasteiger partial charge in [0.2, 0.25) is 0 Å². The molecule has 0 saturated carbocycles. The summed E-state index contributed by atoms with van der Waals surface area (Å²) >= 11 is 0. The summed E-state index contributed by atoms with van der Waals surface area (Å²) in [6.07, 6.45) is 5.77. The number of fused-ring (bicyclic) bond motifs is 1. The summed E-state index contributed by atoms with van der Waals surface area (Å²) < 4.78 is 5.34. The molecule has 2 amide bonds. The zero-order valence-corrected chi connectivity index (χ0v) is 22.0. The van der Waals surface area contributed by atoms with E-state index in [1.54, 1.807) is 7.11 Å². The number of likely N-dealkylation sites (tertiary alicyclic amines) is 1. The van der Waals surface area contributed by atoms with Crippen molar-refractivity contribution in [3.05, 3.63) is 88.5 Å². The first kappa shape index (κ1) is 25.8. The summed E-state index contributed by atoms with van der Waals surface area (Å²) in [4.78, 5) is 28.3. The molecule has 3 aromatic rings. The average molecular weight is 513 g/mol. The number of carbonyl (C=O) groups is 2. The highest BCUT2D eigenvalue weighted by atomic mass is 16.5. The topological polar surface area (TPSA) is 82.7 Å². The maximum atomic E-state index is 13.0. The van der Waals surface area contributed by atoms with Crippen molar-refractivity contribution in [2.75, 3.05) is 43.9 Å². The summed E-state index contributed by atoms with van der Waals surface area (Å²) in [5.41, 5.74) is 5.72. The lowest BCUT2D eigenvalue weighted by atomic mass is 9.95. The van der Waals surface area contributed by atoms with Crippen LogP contribution in [0.5, 0.6) is 5.75 Å². The monoisotopic (exact) mass is 512 g/mol. The molecule has 2 aliphatic rings. The van der Waals surface area contributed by atoms with Crippen molar-refractivity contribution >= 4 is 23.2 Å². The molecule has 0 atom stereocenters. The lowest BCUT2D eigenvalue weighted by Crippen LogP contribution is -2.31. The number of methoxy groups -OCH3 is 1. The van der Waals surface area contributed by atoms with E-state index in [-0.39, 0.29) is 11.8 Å². The summed E-state index contributed by atoms with van der Waals surface area (Å²) in [5, 5.41) is 9.33. The Hall–Kier alpha value is -3.84. The van der Waals surface area contributed by atoms with Crippen LogP contribution in [0.3, 0.4) is 0 Å². The number of anilines is 2. The Morgan fingerprint density at radius 3 is 2.63 bits per heavy atom. The second kappa shape index (κ2) is 12.1. The largest absolute Gasteiger partial charge is 0.497 e. The molecule has 0 aromatic heterocycles. The molecule has 0 radical (unpaired) electrons. The van der Waals surface area contributed by atoms with Gasteiger partial charge in [0.25, 0.3) is 11.8 Å². The van der Waals surface area contributed by atoms with E-state index in [4.69, 9.17) is 4.74 Å². The zero-order valence-electron chi connectivity index (χ0n) is 22.0. The molecule has 0 bridgehead atoms. The molecule has 198 valence electrons. The Bertz CT molecular complexity index is 1280. The van der Waals surface area contributed by atoms with Gasteiger partial charge in [0.05, 0.1) is 18.4 Å². The van der Waals surface area contributed by atoms with Gasteiger partial charge in [-0.3, -0.25) is 9.59 Å². The van der Waals surface area contributed by atoms with Crippen molar-refractivity contribution in [1.82, 2.24) is 10.2 Å². The lowest BCUT2D eigenvalue weighted by Gasteiger charge is -2.26. The molecule has 2 heterocycles. The van der Waals surface area contributed by atoms with Gasteiger partial charge in [-0.1, -0.05) is 24.6 Å². The normalized spacial score (nSPS) is 15.0. The number of carbonyl (C=O) groups excluding carboxylic acids is 2. The third-order valence-electron chi connectivity index (χ3n) is 7.42. The maximum Gasteiger partial charge on any atom is 0.255 e. The van der Waals surface area contributed by atoms with E-state index >= 15 is 0 Å². The summed E-state index contributed by atoms with van der Waals surface area (Å²) in [6.45, 7) is 4.93. The molecule has 2 aliphatic heterocycles.